The molecule has 2 amide bonds. The molecule has 0 bridgehead atoms. The first-order valence-corrected chi connectivity index (χ1v) is 19.9. The molecule has 0 aromatic heterocycles. The summed E-state index contributed by atoms with van der Waals surface area (Å²) in [7, 11) is 0. The molecule has 0 aliphatic rings. The summed E-state index contributed by atoms with van der Waals surface area (Å²) in [6.45, 7) is 7.00. The number of halogens is 3. The molecule has 0 saturated heterocycles. The minimum absolute atomic E-state index is 0. The zero-order chi connectivity index (χ0) is 34.8. The smallest absolute Gasteiger partial charge is 0.245 e. The Bertz CT molecular complexity index is 762. The van der Waals surface area contributed by atoms with Gasteiger partial charge in [-0.3, -0.25) is 14.6 Å². The molecule has 0 aromatic rings. The van der Waals surface area contributed by atoms with Gasteiger partial charge in [-0.2, -0.15) is 0 Å². The van der Waals surface area contributed by atoms with E-state index in [0.29, 0.717) is 25.9 Å². The molecule has 9 nitrogen and oxygen atoms in total. The lowest BCUT2D eigenvalue weighted by Gasteiger charge is -2.28. The van der Waals surface area contributed by atoms with Gasteiger partial charge in [0.2, 0.25) is 11.8 Å². The van der Waals surface area contributed by atoms with E-state index in [1.54, 1.807) is 0 Å². The van der Waals surface area contributed by atoms with Gasteiger partial charge < -0.3 is 33.2 Å². The highest BCUT2D eigenvalue weighted by Gasteiger charge is 2.26. The first kappa shape index (κ1) is 55.8. The molecule has 0 radical (unpaired) electrons. The molecular weight excluding hydrogens is 693 g/mol. The third-order valence-electron chi connectivity index (χ3n) is 9.20. The minimum Gasteiger partial charge on any atom is -0.370 e. The number of nitrogens with zero attached hydrogens (tertiary/aromatic N) is 2. The summed E-state index contributed by atoms with van der Waals surface area (Å²) < 4.78 is 0. The summed E-state index contributed by atoms with van der Waals surface area (Å²) in [5, 5.41) is 3.04. The van der Waals surface area contributed by atoms with E-state index >= 15 is 0 Å². The number of guanidine groups is 1. The van der Waals surface area contributed by atoms with Gasteiger partial charge in [-0.1, -0.05) is 142 Å². The Balaban J connectivity index is -0.00000353. The Morgan fingerprint density at radius 1 is 0.600 bits per heavy atom. The Morgan fingerprint density at radius 2 is 1.00 bits per heavy atom. The number of aliphatic imine (C=N–C) groups is 1. The summed E-state index contributed by atoms with van der Waals surface area (Å²) in [5.74, 6) is -0.135. The van der Waals surface area contributed by atoms with Crippen LogP contribution in [0.4, 0.5) is 0 Å². The van der Waals surface area contributed by atoms with Crippen LogP contribution in [-0.2, 0) is 9.59 Å². The van der Waals surface area contributed by atoms with Crippen molar-refractivity contribution in [2.75, 3.05) is 26.2 Å². The maximum Gasteiger partial charge on any atom is 0.245 e. The standard InChI is InChI=1S/C38H79N7O2.3ClH/c1-3-5-7-9-11-13-15-16-18-20-22-26-32-45(31-25-21-19-17-14-12-10-8-6-4-2)37(47)35(27-23-24-29-39)44-36(46)33-34(40)28-30-43-38(41)42;;;/h34-35H,3-33,39-40H2,1-2H3,(H,44,46)(H4,41,42,43);3*1H/t34-,35-;;;/m0.../s1. The van der Waals surface area contributed by atoms with Gasteiger partial charge in [0.25, 0.3) is 0 Å². The molecular formula is C38H82Cl3N7O2. The molecule has 0 rings (SSSR count). The van der Waals surface area contributed by atoms with E-state index in [9.17, 15) is 9.59 Å². The predicted molar refractivity (Wildman–Crippen MR) is 224 cm³/mol. The fourth-order valence-corrected chi connectivity index (χ4v) is 6.19. The van der Waals surface area contributed by atoms with Crippen molar-refractivity contribution < 1.29 is 9.59 Å². The fraction of sp³-hybridized carbons (Fsp3) is 0.921. The lowest BCUT2D eigenvalue weighted by atomic mass is 10.0. The Labute approximate surface area is 327 Å². The van der Waals surface area contributed by atoms with Crippen LogP contribution in [0, 0.1) is 0 Å². The minimum atomic E-state index is -0.542. The van der Waals surface area contributed by atoms with Crippen LogP contribution in [0.25, 0.3) is 0 Å². The van der Waals surface area contributed by atoms with Gasteiger partial charge in [0.05, 0.1) is 0 Å². The molecule has 0 aliphatic carbocycles. The van der Waals surface area contributed by atoms with Crippen LogP contribution in [-0.4, -0.2) is 60.9 Å². The second kappa shape index (κ2) is 42.4. The number of hydrogen-bond acceptors (Lipinski definition) is 5. The molecule has 0 heterocycles. The quantitative estimate of drug-likeness (QED) is 0.0246. The van der Waals surface area contributed by atoms with E-state index in [2.05, 4.69) is 24.2 Å². The summed E-state index contributed by atoms with van der Waals surface area (Å²) >= 11 is 0. The molecule has 9 N–H and O–H groups in total. The highest BCUT2D eigenvalue weighted by atomic mass is 35.5. The average molecular weight is 775 g/mol. The first-order chi connectivity index (χ1) is 22.8. The zero-order valence-corrected chi connectivity index (χ0v) is 34.8. The van der Waals surface area contributed by atoms with Crippen molar-refractivity contribution in [3.05, 3.63) is 0 Å². The monoisotopic (exact) mass is 774 g/mol. The van der Waals surface area contributed by atoms with Gasteiger partial charge in [0.15, 0.2) is 5.96 Å². The van der Waals surface area contributed by atoms with Crippen molar-refractivity contribution in [1.82, 2.24) is 10.2 Å². The lowest BCUT2D eigenvalue weighted by molar-refractivity contribution is -0.137. The number of carbonyl (C=O) groups excluding carboxylic acids is 2. The van der Waals surface area contributed by atoms with Crippen molar-refractivity contribution in [1.29, 1.82) is 0 Å². The molecule has 0 aliphatic heterocycles. The number of carbonyl (C=O) groups is 2. The number of amides is 2. The summed E-state index contributed by atoms with van der Waals surface area (Å²) in [6, 6.07) is -0.916. The molecule has 0 unspecified atom stereocenters. The van der Waals surface area contributed by atoms with Crippen LogP contribution >= 0.6 is 37.2 Å². The third kappa shape index (κ3) is 36.8. The molecule has 2 atom stereocenters. The van der Waals surface area contributed by atoms with Crippen LogP contribution < -0.4 is 28.3 Å². The Hall–Kier alpha value is -1.00. The number of rotatable bonds is 35. The van der Waals surface area contributed by atoms with Crippen molar-refractivity contribution in [2.45, 2.75) is 199 Å². The number of hydrogen-bond donors (Lipinski definition) is 5. The van der Waals surface area contributed by atoms with E-state index in [1.807, 2.05) is 4.90 Å². The maximum absolute atomic E-state index is 13.9. The van der Waals surface area contributed by atoms with Crippen LogP contribution in [0.3, 0.4) is 0 Å². The highest BCUT2D eigenvalue weighted by molar-refractivity contribution is 5.88. The van der Waals surface area contributed by atoms with Crippen LogP contribution in [0.5, 0.6) is 0 Å². The van der Waals surface area contributed by atoms with Crippen molar-refractivity contribution in [2.24, 2.45) is 27.9 Å². The fourth-order valence-electron chi connectivity index (χ4n) is 6.19. The summed E-state index contributed by atoms with van der Waals surface area (Å²) in [5.41, 5.74) is 22.7. The van der Waals surface area contributed by atoms with Gasteiger partial charge in [0, 0.05) is 32.1 Å². The number of unbranched alkanes of at least 4 members (excludes halogenated alkanes) is 21. The number of nitrogens with two attached hydrogens (primary N) is 4. The summed E-state index contributed by atoms with van der Waals surface area (Å²) in [4.78, 5) is 32.9. The largest absolute Gasteiger partial charge is 0.370 e. The van der Waals surface area contributed by atoms with Crippen LogP contribution in [0.15, 0.2) is 4.99 Å². The van der Waals surface area contributed by atoms with Crippen molar-refractivity contribution in [3.8, 4) is 0 Å². The van der Waals surface area contributed by atoms with Crippen molar-refractivity contribution >= 4 is 55.0 Å². The van der Waals surface area contributed by atoms with E-state index in [1.165, 1.54) is 116 Å². The molecule has 50 heavy (non-hydrogen) atoms. The van der Waals surface area contributed by atoms with Gasteiger partial charge in [-0.25, -0.2) is 0 Å². The number of nitrogens with one attached hydrogen (secondary N) is 1. The van der Waals surface area contributed by atoms with E-state index < -0.39 is 6.04 Å². The third-order valence-corrected chi connectivity index (χ3v) is 9.20. The van der Waals surface area contributed by atoms with Gasteiger partial charge in [0.1, 0.15) is 6.04 Å². The van der Waals surface area contributed by atoms with Gasteiger partial charge >= 0.3 is 0 Å². The molecule has 12 heteroatoms. The Kier molecular flexibility index (Phi) is 47.3. The molecule has 0 aromatic carbocycles. The van der Waals surface area contributed by atoms with E-state index in [4.69, 9.17) is 22.9 Å². The topological polar surface area (TPSA) is 166 Å². The first-order valence-electron chi connectivity index (χ1n) is 19.9. The Morgan fingerprint density at radius 3 is 1.38 bits per heavy atom. The van der Waals surface area contributed by atoms with Gasteiger partial charge in [-0.15, -0.1) is 37.2 Å². The van der Waals surface area contributed by atoms with Crippen molar-refractivity contribution in [3.63, 3.8) is 0 Å². The second-order valence-corrected chi connectivity index (χ2v) is 13.9. The van der Waals surface area contributed by atoms with Gasteiger partial charge in [-0.05, 0) is 45.1 Å². The average Bonchev–Trinajstić information content (AvgIpc) is 3.04. The van der Waals surface area contributed by atoms with E-state index in [0.717, 1.165) is 51.6 Å². The molecule has 0 fully saturated rings. The predicted octanol–water partition coefficient (Wildman–Crippen LogP) is 8.70. The zero-order valence-electron chi connectivity index (χ0n) is 32.3. The molecule has 0 spiro atoms. The van der Waals surface area contributed by atoms with Crippen LogP contribution in [0.1, 0.15) is 187 Å². The summed E-state index contributed by atoms with van der Waals surface area (Å²) in [6.07, 6.45) is 31.1. The second-order valence-electron chi connectivity index (χ2n) is 13.9. The highest BCUT2D eigenvalue weighted by Crippen LogP contribution is 2.15. The van der Waals surface area contributed by atoms with E-state index in [-0.39, 0.29) is 67.5 Å². The maximum atomic E-state index is 13.9. The lowest BCUT2D eigenvalue weighted by Crippen LogP contribution is -2.50. The molecule has 302 valence electrons. The van der Waals surface area contributed by atoms with Crippen LogP contribution in [0.2, 0.25) is 0 Å². The SMILES string of the molecule is CCCCCCCCCCCCCCN(CCCCCCCCCCCC)C(=O)[C@H](CCCCN)NC(=O)C[C@@H](N)CCN=C(N)N.Cl.Cl.Cl. The normalized spacial score (nSPS) is 11.8. The molecule has 0 saturated carbocycles.